The van der Waals surface area contributed by atoms with E-state index in [4.69, 9.17) is 4.74 Å². The third-order valence-electron chi connectivity index (χ3n) is 4.42. The van der Waals surface area contributed by atoms with Gasteiger partial charge in [0.2, 0.25) is 11.8 Å². The van der Waals surface area contributed by atoms with Crippen LogP contribution in [0, 0.1) is 0 Å². The van der Waals surface area contributed by atoms with Crippen molar-refractivity contribution in [1.29, 1.82) is 0 Å². The summed E-state index contributed by atoms with van der Waals surface area (Å²) in [6, 6.07) is 10.3. The van der Waals surface area contributed by atoms with Crippen LogP contribution in [-0.4, -0.2) is 62.1 Å². The lowest BCUT2D eigenvalue weighted by Gasteiger charge is -2.36. The molecule has 0 saturated carbocycles. The van der Waals surface area contributed by atoms with E-state index in [-0.39, 0.29) is 11.8 Å². The summed E-state index contributed by atoms with van der Waals surface area (Å²) in [5.41, 5.74) is 1.20. The number of carbonyl (C=O) groups is 2. The second kappa shape index (κ2) is 10.0. The zero-order valence-corrected chi connectivity index (χ0v) is 15.2. The second-order valence-electron chi connectivity index (χ2n) is 6.10. The number of nitrogens with zero attached hydrogens (tertiary/aromatic N) is 2. The Hall–Kier alpha value is -2.08. The molecule has 6 nitrogen and oxygen atoms in total. The van der Waals surface area contributed by atoms with E-state index in [0.717, 1.165) is 26.2 Å². The lowest BCUT2D eigenvalue weighted by atomic mass is 10.2. The normalized spacial score (nSPS) is 15.8. The number of ether oxygens (including phenoxy) is 1. The van der Waals surface area contributed by atoms with Crippen LogP contribution in [0.4, 0.5) is 5.69 Å². The van der Waals surface area contributed by atoms with E-state index in [1.165, 1.54) is 5.69 Å². The number of benzene rings is 1. The van der Waals surface area contributed by atoms with Crippen molar-refractivity contribution in [3.63, 3.8) is 0 Å². The van der Waals surface area contributed by atoms with Gasteiger partial charge < -0.3 is 19.9 Å². The van der Waals surface area contributed by atoms with Crippen molar-refractivity contribution < 1.29 is 14.3 Å². The van der Waals surface area contributed by atoms with E-state index in [2.05, 4.69) is 22.3 Å². The number of piperazine rings is 1. The van der Waals surface area contributed by atoms with Gasteiger partial charge in [-0.3, -0.25) is 9.59 Å². The minimum atomic E-state index is -0.422. The number of rotatable bonds is 8. The lowest BCUT2D eigenvalue weighted by molar-refractivity contribution is -0.133. The zero-order chi connectivity index (χ0) is 18.1. The molecular weight excluding hydrogens is 318 g/mol. The van der Waals surface area contributed by atoms with Crippen LogP contribution >= 0.6 is 0 Å². The molecule has 0 spiro atoms. The molecule has 0 aromatic heterocycles. The molecule has 2 amide bonds. The molecule has 1 saturated heterocycles. The third kappa shape index (κ3) is 5.74. The summed E-state index contributed by atoms with van der Waals surface area (Å²) >= 11 is 0. The molecule has 1 aliphatic rings. The Morgan fingerprint density at radius 1 is 1.12 bits per heavy atom. The van der Waals surface area contributed by atoms with Crippen molar-refractivity contribution in [2.75, 3.05) is 44.2 Å². The summed E-state index contributed by atoms with van der Waals surface area (Å²) in [5, 5.41) is 2.80. The predicted molar refractivity (Wildman–Crippen MR) is 98.6 cm³/mol. The van der Waals surface area contributed by atoms with Crippen LogP contribution in [0.2, 0.25) is 0 Å². The molecule has 25 heavy (non-hydrogen) atoms. The highest BCUT2D eigenvalue weighted by Gasteiger charge is 2.21. The lowest BCUT2D eigenvalue weighted by Crippen LogP contribution is -2.49. The Balaban J connectivity index is 1.69. The highest BCUT2D eigenvalue weighted by atomic mass is 16.5. The molecule has 6 heteroatoms. The van der Waals surface area contributed by atoms with Crippen LogP contribution in [0.1, 0.15) is 26.7 Å². The van der Waals surface area contributed by atoms with E-state index >= 15 is 0 Å². The molecule has 1 heterocycles. The molecule has 0 radical (unpaired) electrons. The van der Waals surface area contributed by atoms with Crippen LogP contribution in [0.25, 0.3) is 0 Å². The second-order valence-corrected chi connectivity index (χ2v) is 6.10. The highest BCUT2D eigenvalue weighted by Crippen LogP contribution is 2.15. The third-order valence-corrected chi connectivity index (χ3v) is 4.42. The molecule has 1 aromatic rings. The molecule has 1 aromatic carbocycles. The van der Waals surface area contributed by atoms with E-state index in [0.29, 0.717) is 26.0 Å². The molecule has 1 atom stereocenters. The first kappa shape index (κ1) is 19.2. The number of para-hydroxylation sites is 1. The Morgan fingerprint density at radius 2 is 1.80 bits per heavy atom. The number of hydrogen-bond acceptors (Lipinski definition) is 4. The van der Waals surface area contributed by atoms with Gasteiger partial charge in [-0.25, -0.2) is 0 Å². The van der Waals surface area contributed by atoms with Gasteiger partial charge in [-0.2, -0.15) is 0 Å². The Labute approximate surface area is 150 Å². The minimum absolute atomic E-state index is 0.0949. The van der Waals surface area contributed by atoms with Gasteiger partial charge in [0.1, 0.15) is 6.10 Å². The van der Waals surface area contributed by atoms with Crippen molar-refractivity contribution in [2.24, 2.45) is 0 Å². The van der Waals surface area contributed by atoms with E-state index in [1.807, 2.05) is 36.9 Å². The standard InChI is InChI=1S/C19H29N3O3/c1-3-17(25-4-2)19(24)20-11-10-18(23)22-14-12-21(13-15-22)16-8-6-5-7-9-16/h5-9,17H,3-4,10-15H2,1-2H3,(H,20,24). The maximum absolute atomic E-state index is 12.3. The molecule has 1 fully saturated rings. The van der Waals surface area contributed by atoms with Crippen LogP contribution in [0.5, 0.6) is 0 Å². The summed E-state index contributed by atoms with van der Waals surface area (Å²) in [6.07, 6.45) is 0.545. The molecule has 0 aliphatic carbocycles. The summed E-state index contributed by atoms with van der Waals surface area (Å²) < 4.78 is 5.37. The van der Waals surface area contributed by atoms with Gasteiger partial charge in [0, 0.05) is 51.4 Å². The first-order chi connectivity index (χ1) is 12.2. The molecule has 0 bridgehead atoms. The fourth-order valence-corrected chi connectivity index (χ4v) is 3.00. The topological polar surface area (TPSA) is 61.9 Å². The SMILES string of the molecule is CCOC(CC)C(=O)NCCC(=O)N1CCN(c2ccccc2)CC1. The average molecular weight is 347 g/mol. The van der Waals surface area contributed by atoms with Gasteiger partial charge in [0.15, 0.2) is 0 Å². The van der Waals surface area contributed by atoms with Crippen molar-refractivity contribution in [3.05, 3.63) is 30.3 Å². The van der Waals surface area contributed by atoms with Gasteiger partial charge in [-0.05, 0) is 25.5 Å². The molecule has 138 valence electrons. The number of anilines is 1. The Morgan fingerprint density at radius 3 is 2.40 bits per heavy atom. The van der Waals surface area contributed by atoms with Crippen LogP contribution in [-0.2, 0) is 14.3 Å². The fraction of sp³-hybridized carbons (Fsp3) is 0.579. The van der Waals surface area contributed by atoms with Crippen molar-refractivity contribution >= 4 is 17.5 Å². The van der Waals surface area contributed by atoms with Crippen LogP contribution in [0.3, 0.4) is 0 Å². The Kier molecular flexibility index (Phi) is 7.73. The van der Waals surface area contributed by atoms with E-state index in [1.54, 1.807) is 0 Å². The van der Waals surface area contributed by atoms with Crippen molar-refractivity contribution in [1.82, 2.24) is 10.2 Å². The van der Waals surface area contributed by atoms with Crippen LogP contribution in [0.15, 0.2) is 30.3 Å². The first-order valence-corrected chi connectivity index (χ1v) is 9.12. The minimum Gasteiger partial charge on any atom is -0.369 e. The fourth-order valence-electron chi connectivity index (χ4n) is 3.00. The number of hydrogen-bond donors (Lipinski definition) is 1. The molecule has 1 N–H and O–H groups in total. The predicted octanol–water partition coefficient (Wildman–Crippen LogP) is 1.66. The number of amides is 2. The highest BCUT2D eigenvalue weighted by molar-refractivity contribution is 5.82. The van der Waals surface area contributed by atoms with Gasteiger partial charge >= 0.3 is 0 Å². The number of carbonyl (C=O) groups excluding carboxylic acids is 2. The largest absolute Gasteiger partial charge is 0.369 e. The molecular formula is C19H29N3O3. The van der Waals surface area contributed by atoms with Crippen molar-refractivity contribution in [2.45, 2.75) is 32.8 Å². The molecule has 1 unspecified atom stereocenters. The smallest absolute Gasteiger partial charge is 0.249 e. The maximum atomic E-state index is 12.3. The summed E-state index contributed by atoms with van der Waals surface area (Å²) in [6.45, 7) is 7.77. The monoisotopic (exact) mass is 347 g/mol. The zero-order valence-electron chi connectivity index (χ0n) is 15.2. The van der Waals surface area contributed by atoms with Crippen molar-refractivity contribution in [3.8, 4) is 0 Å². The van der Waals surface area contributed by atoms with Gasteiger partial charge in [-0.1, -0.05) is 25.1 Å². The number of nitrogens with one attached hydrogen (secondary N) is 1. The van der Waals surface area contributed by atoms with E-state index in [9.17, 15) is 9.59 Å². The molecule has 1 aliphatic heterocycles. The van der Waals surface area contributed by atoms with E-state index < -0.39 is 6.10 Å². The summed E-state index contributed by atoms with van der Waals surface area (Å²) in [4.78, 5) is 28.4. The first-order valence-electron chi connectivity index (χ1n) is 9.12. The average Bonchev–Trinajstić information content (AvgIpc) is 2.66. The van der Waals surface area contributed by atoms with Gasteiger partial charge in [0.05, 0.1) is 0 Å². The van der Waals surface area contributed by atoms with Gasteiger partial charge in [0.25, 0.3) is 0 Å². The summed E-state index contributed by atoms with van der Waals surface area (Å²) in [7, 11) is 0. The maximum Gasteiger partial charge on any atom is 0.249 e. The quantitative estimate of drug-likeness (QED) is 0.777. The Bertz CT molecular complexity index is 542. The summed E-state index contributed by atoms with van der Waals surface area (Å²) in [5.74, 6) is -0.0384. The van der Waals surface area contributed by atoms with Crippen LogP contribution < -0.4 is 10.2 Å². The molecule has 2 rings (SSSR count). The van der Waals surface area contributed by atoms with Gasteiger partial charge in [-0.15, -0.1) is 0 Å².